The van der Waals surface area contributed by atoms with Gasteiger partial charge in [-0.15, -0.1) is 0 Å². The minimum atomic E-state index is -4.03. The van der Waals surface area contributed by atoms with Gasteiger partial charge in [-0.05, 0) is 113 Å². The third kappa shape index (κ3) is 11.5. The maximum Gasteiger partial charge on any atom is 0.244 e. The summed E-state index contributed by atoms with van der Waals surface area (Å²) in [5, 5.41) is 21.0. The summed E-state index contributed by atoms with van der Waals surface area (Å²) in [7, 11) is -4.94. The second kappa shape index (κ2) is 21.3. The first kappa shape index (κ1) is 49.2. The first-order chi connectivity index (χ1) is 28.3. The molecule has 2 aromatic carbocycles. The highest BCUT2D eigenvalue weighted by Crippen LogP contribution is 2.41. The summed E-state index contributed by atoms with van der Waals surface area (Å²) >= 11 is 24.3. The normalized spacial score (nSPS) is 26.5. The number of fused-ring (bicyclic) bond motifs is 4. The molecule has 0 radical (unpaired) electrons. The van der Waals surface area contributed by atoms with Crippen LogP contribution in [0.1, 0.15) is 65.2 Å². The fourth-order valence-electron chi connectivity index (χ4n) is 9.21. The molecule has 0 aliphatic carbocycles. The average molecular weight is 959 g/mol. The van der Waals surface area contributed by atoms with E-state index >= 15 is 0 Å². The summed E-state index contributed by atoms with van der Waals surface area (Å²) in [4.78, 5) is 30.0. The van der Waals surface area contributed by atoms with Gasteiger partial charge in [-0.3, -0.25) is 9.59 Å². The van der Waals surface area contributed by atoms with Gasteiger partial charge in [0.15, 0.2) is 0 Å². The number of sulfonamides is 2. The van der Waals surface area contributed by atoms with Crippen LogP contribution >= 0.6 is 46.4 Å². The van der Waals surface area contributed by atoms with E-state index in [1.54, 1.807) is 37.9 Å². The van der Waals surface area contributed by atoms with E-state index in [2.05, 4.69) is 0 Å². The highest BCUT2D eigenvalue weighted by atomic mass is 35.5. The van der Waals surface area contributed by atoms with Crippen LogP contribution in [0.4, 0.5) is 0 Å². The van der Waals surface area contributed by atoms with Crippen molar-refractivity contribution in [1.82, 2.24) is 18.4 Å². The number of amides is 2. The molecule has 14 nitrogen and oxygen atoms in total. The van der Waals surface area contributed by atoms with E-state index in [0.29, 0.717) is 77.9 Å². The van der Waals surface area contributed by atoms with E-state index in [-0.39, 0.29) is 53.5 Å². The molecule has 4 saturated heterocycles. The maximum absolute atomic E-state index is 13.7. The minimum absolute atomic E-state index is 0.0224. The lowest BCUT2D eigenvalue weighted by molar-refractivity contribution is -0.136. The topological polar surface area (TPSA) is 174 Å². The van der Waals surface area contributed by atoms with Crippen molar-refractivity contribution in [2.75, 3.05) is 53.6 Å². The van der Waals surface area contributed by atoms with E-state index in [4.69, 9.17) is 55.9 Å². The molecule has 4 bridgehead atoms. The second-order valence-electron chi connectivity index (χ2n) is 16.2. The zero-order chi connectivity index (χ0) is 44.1. The highest BCUT2D eigenvalue weighted by molar-refractivity contribution is 7.89. The molecule has 4 aliphatic rings. The number of methoxy groups -OCH3 is 2. The van der Waals surface area contributed by atoms with Gasteiger partial charge >= 0.3 is 0 Å². The lowest BCUT2D eigenvalue weighted by atomic mass is 9.87. The molecule has 2 amide bonds. The molecule has 0 saturated carbocycles. The van der Waals surface area contributed by atoms with Crippen LogP contribution in [0.2, 0.25) is 20.1 Å². The number of ether oxygens (including phenoxy) is 2. The van der Waals surface area contributed by atoms with Gasteiger partial charge in [0.05, 0.1) is 35.2 Å². The zero-order valence-electron chi connectivity index (χ0n) is 34.3. The van der Waals surface area contributed by atoms with Crippen molar-refractivity contribution in [3.05, 3.63) is 56.5 Å². The fraction of sp³-hybridized carbons (Fsp3) is 0.650. The summed E-state index contributed by atoms with van der Waals surface area (Å²) in [5.41, 5.74) is 0. The minimum Gasteiger partial charge on any atom is -0.393 e. The van der Waals surface area contributed by atoms with Crippen molar-refractivity contribution in [3.63, 3.8) is 0 Å². The van der Waals surface area contributed by atoms with Gasteiger partial charge in [-0.25, -0.2) is 16.8 Å². The number of benzene rings is 2. The number of nitrogens with zero attached hydrogens (tertiary/aromatic N) is 4. The Balaban J connectivity index is 0.000000228. The number of hydrogen-bond acceptors (Lipinski definition) is 10. The molecule has 60 heavy (non-hydrogen) atoms. The quantitative estimate of drug-likeness (QED) is 0.244. The molecule has 0 spiro atoms. The van der Waals surface area contributed by atoms with Crippen LogP contribution in [0.15, 0.2) is 46.2 Å². The molecular weight excluding hydrogens is 902 g/mol. The van der Waals surface area contributed by atoms with E-state index < -0.39 is 56.4 Å². The lowest BCUT2D eigenvalue weighted by Crippen LogP contribution is -2.55. The van der Waals surface area contributed by atoms with Crippen molar-refractivity contribution in [3.8, 4) is 0 Å². The van der Waals surface area contributed by atoms with Crippen molar-refractivity contribution in [2.45, 2.75) is 111 Å². The van der Waals surface area contributed by atoms with E-state index in [1.807, 2.05) is 0 Å². The van der Waals surface area contributed by atoms with Crippen molar-refractivity contribution >= 4 is 78.3 Å². The van der Waals surface area contributed by atoms with Crippen LogP contribution in [0.3, 0.4) is 0 Å². The number of carbonyl (C=O) groups is 2. The highest BCUT2D eigenvalue weighted by Gasteiger charge is 2.51. The summed E-state index contributed by atoms with van der Waals surface area (Å²) in [6.45, 7) is 5.62. The molecule has 20 heteroatoms. The number of aliphatic hydroxyl groups excluding tert-OH is 2. The summed E-state index contributed by atoms with van der Waals surface area (Å²) in [5.74, 6) is -0.829. The Kier molecular flexibility index (Phi) is 17.4. The Hall–Kier alpha value is -1.80. The van der Waals surface area contributed by atoms with Gasteiger partial charge in [0.2, 0.25) is 31.9 Å². The monoisotopic (exact) mass is 956 g/mol. The zero-order valence-corrected chi connectivity index (χ0v) is 38.9. The predicted octanol–water partition coefficient (Wildman–Crippen LogP) is 5.56. The number of carbonyl (C=O) groups excluding carboxylic acids is 2. The largest absolute Gasteiger partial charge is 0.393 e. The van der Waals surface area contributed by atoms with Gasteiger partial charge < -0.3 is 29.5 Å². The molecule has 8 atom stereocenters. The molecule has 4 aliphatic heterocycles. The average Bonchev–Trinajstić information content (AvgIpc) is 3.28. The van der Waals surface area contributed by atoms with Gasteiger partial charge in [-0.1, -0.05) is 46.4 Å². The molecular formula is C40H56Cl4N4O10S2. The van der Waals surface area contributed by atoms with Crippen molar-refractivity contribution < 1.29 is 46.1 Å². The lowest BCUT2D eigenvalue weighted by Gasteiger charge is -2.41. The van der Waals surface area contributed by atoms with Gasteiger partial charge in [0.25, 0.3) is 0 Å². The molecule has 336 valence electrons. The van der Waals surface area contributed by atoms with E-state index in [0.717, 1.165) is 12.8 Å². The summed E-state index contributed by atoms with van der Waals surface area (Å²) < 4.78 is 67.8. The smallest absolute Gasteiger partial charge is 0.244 e. The van der Waals surface area contributed by atoms with Crippen molar-refractivity contribution in [2.24, 2.45) is 11.8 Å². The molecule has 6 rings (SSSR count). The Bertz CT molecular complexity index is 1860. The van der Waals surface area contributed by atoms with Gasteiger partial charge in [-0.2, -0.15) is 8.61 Å². The molecule has 4 unspecified atom stereocenters. The molecule has 0 aromatic heterocycles. The van der Waals surface area contributed by atoms with Crippen LogP contribution in [-0.2, 0) is 39.1 Å². The van der Waals surface area contributed by atoms with Crippen molar-refractivity contribution in [1.29, 1.82) is 0 Å². The van der Waals surface area contributed by atoms with Crippen LogP contribution in [0.5, 0.6) is 0 Å². The Morgan fingerprint density at radius 3 is 1.25 bits per heavy atom. The first-order valence-electron chi connectivity index (χ1n) is 20.2. The Morgan fingerprint density at radius 2 is 0.950 bits per heavy atom. The van der Waals surface area contributed by atoms with Crippen LogP contribution < -0.4 is 0 Å². The number of aliphatic hydroxyl groups is 2. The number of hydrogen-bond donors (Lipinski definition) is 2. The SMILES string of the molecule is COCCN1C[C@H](C[C@@H](C)O)C2CCCC(C1=O)N2S(=O)(=O)c1cc(Cl)cc(Cl)c1.COCCN1C[C@H](C[C@H](C)O)C2CCCC(C1=O)N2S(=O)(=O)c1cc(Cl)cc(Cl)c1. The Labute approximate surface area is 374 Å². The third-order valence-electron chi connectivity index (χ3n) is 11.7. The molecule has 4 heterocycles. The van der Waals surface area contributed by atoms with Crippen LogP contribution in [0, 0.1) is 11.8 Å². The fourth-order valence-corrected chi connectivity index (χ4v) is 14.4. The maximum atomic E-state index is 13.7. The first-order valence-corrected chi connectivity index (χ1v) is 24.6. The Morgan fingerprint density at radius 1 is 0.617 bits per heavy atom. The number of halogens is 4. The summed E-state index contributed by atoms with van der Waals surface area (Å²) in [6, 6.07) is 6.03. The number of rotatable bonds is 14. The van der Waals surface area contributed by atoms with E-state index in [9.17, 15) is 36.6 Å². The van der Waals surface area contributed by atoms with E-state index in [1.165, 1.54) is 45.0 Å². The second-order valence-corrected chi connectivity index (χ2v) is 21.6. The van der Waals surface area contributed by atoms with Gasteiger partial charge in [0.1, 0.15) is 12.1 Å². The standard InChI is InChI=1S/2C20H28Cl2N2O5S/c2*1-13(25)8-14-12-23(6-7-29-2)20(26)19-5-3-4-18(14)24(19)30(27,28)17-10-15(21)9-16(22)11-17/h2*9-11,13-14,18-19,25H,3-8,12H2,1-2H3/t13-,14+,18?,19?;13-,14-,18?,19?/m10/s1. The van der Waals surface area contributed by atoms with Crippen LogP contribution in [0.25, 0.3) is 0 Å². The molecule has 4 fully saturated rings. The molecule has 2 N–H and O–H groups in total. The third-order valence-corrected chi connectivity index (χ3v) is 16.4. The van der Waals surface area contributed by atoms with Gasteiger partial charge in [0, 0.05) is 72.6 Å². The molecule has 2 aromatic rings. The number of piperidine rings is 2. The van der Waals surface area contributed by atoms with Crippen LogP contribution in [-0.4, -0.2) is 147 Å². The summed E-state index contributed by atoms with van der Waals surface area (Å²) in [6.07, 6.45) is 3.24. The predicted molar refractivity (Wildman–Crippen MR) is 230 cm³/mol.